The molecule has 142 valence electrons. The van der Waals surface area contributed by atoms with E-state index in [0.29, 0.717) is 16.7 Å². The fraction of sp³-hybridized carbons (Fsp3) is 0.250. The Morgan fingerprint density at radius 1 is 1.11 bits per heavy atom. The summed E-state index contributed by atoms with van der Waals surface area (Å²) in [7, 11) is 0. The number of fused-ring (bicyclic) bond motifs is 1. The number of hydrogen-bond acceptors (Lipinski definition) is 7. The zero-order valence-electron chi connectivity index (χ0n) is 14.6. The monoisotopic (exact) mass is 372 g/mol. The van der Waals surface area contributed by atoms with Crippen molar-refractivity contribution in [2.24, 2.45) is 0 Å². The second kappa shape index (κ2) is 7.20. The van der Waals surface area contributed by atoms with E-state index < -0.39 is 6.10 Å². The van der Waals surface area contributed by atoms with Crippen molar-refractivity contribution in [2.45, 2.75) is 25.9 Å². The van der Waals surface area contributed by atoms with E-state index >= 15 is 0 Å². The SMILES string of the molecule is C/C(=C\Cc1c(O)cc(O)c2c1OC(c1ccc(O)c(O)c1)CC2=O)CO. The number of ether oxygens (including phenoxy) is 1. The molecule has 0 aromatic heterocycles. The van der Waals surface area contributed by atoms with Gasteiger partial charge < -0.3 is 30.3 Å². The van der Waals surface area contributed by atoms with E-state index in [2.05, 4.69) is 0 Å². The van der Waals surface area contributed by atoms with Crippen molar-refractivity contribution in [3.63, 3.8) is 0 Å². The standard InChI is InChI=1S/C20H20O7/c1-10(9-21)2-4-12-14(23)7-16(25)19-17(26)8-18(27-20(12)19)11-3-5-13(22)15(24)6-11/h2-3,5-7,18,21-25H,4,8-9H2,1H3/b10-2+. The van der Waals surface area contributed by atoms with Crippen LogP contribution in [0.2, 0.25) is 0 Å². The first kappa shape index (κ1) is 18.6. The van der Waals surface area contributed by atoms with E-state index in [-0.39, 0.29) is 59.5 Å². The van der Waals surface area contributed by atoms with Gasteiger partial charge in [0, 0.05) is 11.6 Å². The number of Topliss-reactive ketones (excluding diaryl/α,β-unsaturated/α-hetero) is 1. The molecule has 7 heteroatoms. The van der Waals surface area contributed by atoms with Crippen molar-refractivity contribution in [2.75, 3.05) is 6.61 Å². The smallest absolute Gasteiger partial charge is 0.174 e. The molecule has 1 unspecified atom stereocenters. The normalized spacial score (nSPS) is 16.7. The number of phenols is 4. The van der Waals surface area contributed by atoms with Crippen molar-refractivity contribution in [1.82, 2.24) is 0 Å². The fourth-order valence-corrected chi connectivity index (χ4v) is 2.99. The first-order chi connectivity index (χ1) is 12.8. The average Bonchev–Trinajstić information content (AvgIpc) is 2.62. The van der Waals surface area contributed by atoms with Crippen LogP contribution in [0.25, 0.3) is 0 Å². The molecule has 0 saturated heterocycles. The highest BCUT2D eigenvalue weighted by Crippen LogP contribution is 2.46. The lowest BCUT2D eigenvalue weighted by atomic mass is 9.92. The molecule has 0 spiro atoms. The molecule has 0 aliphatic carbocycles. The van der Waals surface area contributed by atoms with Gasteiger partial charge in [-0.1, -0.05) is 17.7 Å². The van der Waals surface area contributed by atoms with Crippen LogP contribution >= 0.6 is 0 Å². The summed E-state index contributed by atoms with van der Waals surface area (Å²) in [5.74, 6) is -1.52. The Bertz CT molecular complexity index is 930. The van der Waals surface area contributed by atoms with Gasteiger partial charge in [-0.15, -0.1) is 0 Å². The number of aliphatic hydroxyl groups excluding tert-OH is 1. The number of carbonyl (C=O) groups is 1. The summed E-state index contributed by atoms with van der Waals surface area (Å²) in [6, 6.07) is 5.22. The number of phenolic OH excluding ortho intramolecular Hbond substituents is 4. The van der Waals surface area contributed by atoms with Crippen LogP contribution in [-0.4, -0.2) is 37.9 Å². The minimum Gasteiger partial charge on any atom is -0.507 e. The van der Waals surface area contributed by atoms with Crippen LogP contribution in [0.3, 0.4) is 0 Å². The summed E-state index contributed by atoms with van der Waals surface area (Å²) in [6.45, 7) is 1.58. The summed E-state index contributed by atoms with van der Waals surface area (Å²) >= 11 is 0. The van der Waals surface area contributed by atoms with Gasteiger partial charge in [0.25, 0.3) is 0 Å². The van der Waals surface area contributed by atoms with E-state index in [0.717, 1.165) is 6.07 Å². The Morgan fingerprint density at radius 2 is 1.85 bits per heavy atom. The molecule has 2 aromatic rings. The summed E-state index contributed by atoms with van der Waals surface area (Å²) in [5, 5.41) is 48.7. The third-order valence-corrected chi connectivity index (χ3v) is 4.52. The van der Waals surface area contributed by atoms with Gasteiger partial charge in [-0.05, 0) is 31.0 Å². The van der Waals surface area contributed by atoms with Crippen LogP contribution in [0.5, 0.6) is 28.7 Å². The van der Waals surface area contributed by atoms with Gasteiger partial charge in [-0.25, -0.2) is 0 Å². The third kappa shape index (κ3) is 3.54. The number of allylic oxidation sites excluding steroid dienone is 1. The topological polar surface area (TPSA) is 127 Å². The van der Waals surface area contributed by atoms with Crippen LogP contribution in [-0.2, 0) is 6.42 Å². The molecule has 3 rings (SSSR count). The number of ketones is 1. The molecule has 1 heterocycles. The van der Waals surface area contributed by atoms with Crippen molar-refractivity contribution in [3.05, 3.63) is 52.6 Å². The first-order valence-corrected chi connectivity index (χ1v) is 8.37. The van der Waals surface area contributed by atoms with E-state index in [1.165, 1.54) is 18.2 Å². The predicted octanol–water partition coefficient (Wildman–Crippen LogP) is 2.70. The first-order valence-electron chi connectivity index (χ1n) is 8.37. The Morgan fingerprint density at radius 3 is 2.52 bits per heavy atom. The largest absolute Gasteiger partial charge is 0.507 e. The molecule has 1 aliphatic heterocycles. The van der Waals surface area contributed by atoms with Gasteiger partial charge in [-0.2, -0.15) is 0 Å². The molecule has 2 aromatic carbocycles. The highest BCUT2D eigenvalue weighted by Gasteiger charge is 2.33. The lowest BCUT2D eigenvalue weighted by Gasteiger charge is -2.28. The predicted molar refractivity (Wildman–Crippen MR) is 96.4 cm³/mol. The summed E-state index contributed by atoms with van der Waals surface area (Å²) in [6.07, 6.45) is 1.07. The number of aliphatic hydroxyl groups is 1. The van der Waals surface area contributed by atoms with Crippen LogP contribution in [0.4, 0.5) is 0 Å². The second-order valence-electron chi connectivity index (χ2n) is 6.49. The van der Waals surface area contributed by atoms with Gasteiger partial charge in [0.05, 0.1) is 13.0 Å². The molecule has 0 saturated carbocycles. The summed E-state index contributed by atoms with van der Waals surface area (Å²) in [4.78, 5) is 12.6. The van der Waals surface area contributed by atoms with Gasteiger partial charge >= 0.3 is 0 Å². The van der Waals surface area contributed by atoms with Crippen LogP contribution in [0.1, 0.15) is 40.9 Å². The van der Waals surface area contributed by atoms with Crippen LogP contribution < -0.4 is 4.74 Å². The van der Waals surface area contributed by atoms with Gasteiger partial charge in [0.15, 0.2) is 17.3 Å². The van der Waals surface area contributed by atoms with E-state index in [1.54, 1.807) is 13.0 Å². The Balaban J connectivity index is 2.06. The zero-order chi connectivity index (χ0) is 19.7. The summed E-state index contributed by atoms with van der Waals surface area (Å²) < 4.78 is 5.92. The van der Waals surface area contributed by atoms with E-state index in [9.17, 15) is 25.2 Å². The van der Waals surface area contributed by atoms with Gasteiger partial charge in [0.2, 0.25) is 0 Å². The fourth-order valence-electron chi connectivity index (χ4n) is 2.99. The third-order valence-electron chi connectivity index (χ3n) is 4.52. The average molecular weight is 372 g/mol. The molecule has 0 fully saturated rings. The molecule has 0 amide bonds. The highest BCUT2D eigenvalue weighted by atomic mass is 16.5. The molecule has 7 nitrogen and oxygen atoms in total. The van der Waals surface area contributed by atoms with Crippen LogP contribution in [0, 0.1) is 0 Å². The molecule has 27 heavy (non-hydrogen) atoms. The molecule has 1 atom stereocenters. The van der Waals surface area contributed by atoms with Crippen LogP contribution in [0.15, 0.2) is 35.9 Å². The van der Waals surface area contributed by atoms with Crippen molar-refractivity contribution in [3.8, 4) is 28.7 Å². The molecule has 5 N–H and O–H groups in total. The number of benzene rings is 2. The Hall–Kier alpha value is -3.19. The number of hydrogen-bond donors (Lipinski definition) is 5. The molecule has 0 radical (unpaired) electrons. The maximum Gasteiger partial charge on any atom is 0.174 e. The Labute approximate surface area is 155 Å². The molecule has 0 bridgehead atoms. The van der Waals surface area contributed by atoms with Crippen molar-refractivity contribution >= 4 is 5.78 Å². The minimum absolute atomic E-state index is 0.00268. The minimum atomic E-state index is -0.751. The Kier molecular flexibility index (Phi) is 4.96. The maximum atomic E-state index is 12.6. The van der Waals surface area contributed by atoms with Crippen molar-refractivity contribution in [1.29, 1.82) is 0 Å². The number of carbonyl (C=O) groups excluding carboxylic acids is 1. The molecule has 1 aliphatic rings. The maximum absolute atomic E-state index is 12.6. The van der Waals surface area contributed by atoms with Gasteiger partial charge in [-0.3, -0.25) is 4.79 Å². The summed E-state index contributed by atoms with van der Waals surface area (Å²) in [5.41, 5.74) is 1.47. The van der Waals surface area contributed by atoms with E-state index in [4.69, 9.17) is 9.84 Å². The molecular weight excluding hydrogens is 352 g/mol. The molecular formula is C20H20O7. The second-order valence-corrected chi connectivity index (χ2v) is 6.49. The lowest BCUT2D eigenvalue weighted by Crippen LogP contribution is -2.21. The zero-order valence-corrected chi connectivity index (χ0v) is 14.6. The van der Waals surface area contributed by atoms with E-state index in [1.807, 2.05) is 0 Å². The van der Waals surface area contributed by atoms with Crippen molar-refractivity contribution < 1.29 is 35.1 Å². The quantitative estimate of drug-likeness (QED) is 0.412. The number of aromatic hydroxyl groups is 4. The highest BCUT2D eigenvalue weighted by molar-refractivity contribution is 6.03. The van der Waals surface area contributed by atoms with Gasteiger partial charge in [0.1, 0.15) is 28.9 Å². The lowest BCUT2D eigenvalue weighted by molar-refractivity contribution is 0.0842. The number of rotatable bonds is 4.